The molecule has 102 valence electrons. The number of aliphatic hydroxyl groups excluding tert-OH is 1. The van der Waals surface area contributed by atoms with Crippen LogP contribution in [0.1, 0.15) is 28.4 Å². The maximum atomic E-state index is 11.3. The predicted molar refractivity (Wildman–Crippen MR) is 79.0 cm³/mol. The molecule has 1 heterocycles. The highest BCUT2D eigenvalue weighted by molar-refractivity contribution is 6.31. The third-order valence-electron chi connectivity index (χ3n) is 3.58. The second-order valence-electron chi connectivity index (χ2n) is 5.05. The Hall–Kier alpha value is -1.84. The molecule has 0 fully saturated rings. The molecule has 3 nitrogen and oxygen atoms in total. The normalized spacial score (nSPS) is 14.8. The van der Waals surface area contributed by atoms with Gasteiger partial charge in [0.25, 0.3) is 0 Å². The van der Waals surface area contributed by atoms with Crippen LogP contribution in [-0.4, -0.2) is 11.0 Å². The molecule has 4 heteroatoms. The maximum Gasteiger partial charge on any atom is 0.228 e. The van der Waals surface area contributed by atoms with Gasteiger partial charge in [-0.2, -0.15) is 0 Å². The fourth-order valence-corrected chi connectivity index (χ4v) is 2.58. The molecule has 0 saturated heterocycles. The fourth-order valence-electron chi connectivity index (χ4n) is 2.39. The number of halogens is 1. The number of hydrogen-bond donors (Lipinski definition) is 2. The first-order valence-electron chi connectivity index (χ1n) is 6.41. The van der Waals surface area contributed by atoms with E-state index in [9.17, 15) is 9.90 Å². The lowest BCUT2D eigenvalue weighted by Gasteiger charge is -2.13. The molecular weight excluding hydrogens is 274 g/mol. The van der Waals surface area contributed by atoms with Gasteiger partial charge in [-0.25, -0.2) is 0 Å². The second kappa shape index (κ2) is 4.93. The van der Waals surface area contributed by atoms with Crippen molar-refractivity contribution in [3.63, 3.8) is 0 Å². The summed E-state index contributed by atoms with van der Waals surface area (Å²) in [5, 5.41) is 13.9. The van der Waals surface area contributed by atoms with Gasteiger partial charge in [0, 0.05) is 10.7 Å². The first kappa shape index (κ1) is 13.2. The molecule has 1 amide bonds. The molecule has 0 aromatic heterocycles. The third kappa shape index (κ3) is 2.30. The van der Waals surface area contributed by atoms with Gasteiger partial charge in [-0.05, 0) is 41.3 Å². The average molecular weight is 288 g/mol. The van der Waals surface area contributed by atoms with Gasteiger partial charge in [-0.15, -0.1) is 0 Å². The lowest BCUT2D eigenvalue weighted by molar-refractivity contribution is -0.115. The number of nitrogens with one attached hydrogen (secondary N) is 1. The van der Waals surface area contributed by atoms with Gasteiger partial charge in [0.2, 0.25) is 5.91 Å². The Morgan fingerprint density at radius 3 is 2.65 bits per heavy atom. The van der Waals surface area contributed by atoms with Crippen LogP contribution in [0.5, 0.6) is 0 Å². The molecule has 2 aromatic rings. The summed E-state index contributed by atoms with van der Waals surface area (Å²) in [5.41, 5.74) is 4.24. The zero-order valence-corrected chi connectivity index (χ0v) is 11.7. The van der Waals surface area contributed by atoms with E-state index in [4.69, 9.17) is 11.6 Å². The molecule has 1 aliphatic rings. The van der Waals surface area contributed by atoms with Crippen molar-refractivity contribution in [2.75, 3.05) is 5.32 Å². The number of aliphatic hydroxyl groups is 1. The molecule has 1 unspecified atom stereocenters. The number of fused-ring (bicyclic) bond motifs is 1. The number of aryl methyl sites for hydroxylation is 1. The van der Waals surface area contributed by atoms with Crippen molar-refractivity contribution in [3.05, 3.63) is 63.7 Å². The lowest BCUT2D eigenvalue weighted by Crippen LogP contribution is -2.03. The van der Waals surface area contributed by atoms with Gasteiger partial charge in [-0.3, -0.25) is 4.79 Å². The van der Waals surface area contributed by atoms with Crippen LogP contribution in [0.15, 0.2) is 36.4 Å². The van der Waals surface area contributed by atoms with Crippen LogP contribution in [0, 0.1) is 6.92 Å². The van der Waals surface area contributed by atoms with Gasteiger partial charge in [0.05, 0.1) is 6.42 Å². The number of amides is 1. The molecule has 20 heavy (non-hydrogen) atoms. The molecule has 0 saturated carbocycles. The molecular formula is C16H14ClNO2. The second-order valence-corrected chi connectivity index (χ2v) is 5.46. The van der Waals surface area contributed by atoms with Crippen LogP contribution in [-0.2, 0) is 11.2 Å². The summed E-state index contributed by atoms with van der Waals surface area (Å²) in [6.07, 6.45) is -0.376. The zero-order chi connectivity index (χ0) is 14.3. The highest BCUT2D eigenvalue weighted by Crippen LogP contribution is 2.30. The van der Waals surface area contributed by atoms with Crippen LogP contribution >= 0.6 is 11.6 Å². The van der Waals surface area contributed by atoms with E-state index in [1.54, 1.807) is 6.07 Å². The molecule has 0 aliphatic carbocycles. The number of carbonyl (C=O) groups excluding carboxylic acids is 1. The van der Waals surface area contributed by atoms with Crippen molar-refractivity contribution in [1.29, 1.82) is 0 Å². The van der Waals surface area contributed by atoms with E-state index in [-0.39, 0.29) is 5.91 Å². The van der Waals surface area contributed by atoms with E-state index in [0.717, 1.165) is 27.9 Å². The molecule has 0 spiro atoms. The first-order chi connectivity index (χ1) is 9.54. The molecule has 1 atom stereocenters. The number of benzene rings is 2. The Labute approximate surface area is 122 Å². The van der Waals surface area contributed by atoms with E-state index in [1.807, 2.05) is 37.3 Å². The van der Waals surface area contributed by atoms with Crippen LogP contribution in [0.4, 0.5) is 5.69 Å². The van der Waals surface area contributed by atoms with Gasteiger partial charge < -0.3 is 10.4 Å². The van der Waals surface area contributed by atoms with E-state index in [0.29, 0.717) is 11.4 Å². The Kier molecular flexibility index (Phi) is 3.24. The van der Waals surface area contributed by atoms with Crippen molar-refractivity contribution in [2.45, 2.75) is 19.4 Å². The SMILES string of the molecule is Cc1ccc(C(O)c2ccc3c(c2)CC(=O)N3)cc1Cl. The molecule has 0 radical (unpaired) electrons. The van der Waals surface area contributed by atoms with Crippen molar-refractivity contribution in [3.8, 4) is 0 Å². The van der Waals surface area contributed by atoms with Crippen molar-refractivity contribution < 1.29 is 9.90 Å². The molecule has 1 aliphatic heterocycles. The molecule has 0 bridgehead atoms. The average Bonchev–Trinajstić information content (AvgIpc) is 2.80. The Bertz CT molecular complexity index is 697. The van der Waals surface area contributed by atoms with Crippen LogP contribution in [0.25, 0.3) is 0 Å². The summed E-state index contributed by atoms with van der Waals surface area (Å²) in [4.78, 5) is 11.3. The minimum absolute atomic E-state index is 0.00924. The van der Waals surface area contributed by atoms with Crippen molar-refractivity contribution in [1.82, 2.24) is 0 Å². The summed E-state index contributed by atoms with van der Waals surface area (Å²) in [6, 6.07) is 11.0. The smallest absolute Gasteiger partial charge is 0.228 e. The van der Waals surface area contributed by atoms with Crippen molar-refractivity contribution >= 4 is 23.2 Å². The van der Waals surface area contributed by atoms with Crippen LogP contribution in [0.2, 0.25) is 5.02 Å². The summed E-state index contributed by atoms with van der Waals surface area (Å²) >= 11 is 6.09. The van der Waals surface area contributed by atoms with Gasteiger partial charge in [-0.1, -0.05) is 35.9 Å². The quantitative estimate of drug-likeness (QED) is 0.891. The summed E-state index contributed by atoms with van der Waals surface area (Å²) in [5.74, 6) is -0.00924. The Morgan fingerprint density at radius 1 is 1.20 bits per heavy atom. The zero-order valence-electron chi connectivity index (χ0n) is 11.0. The highest BCUT2D eigenvalue weighted by Gasteiger charge is 2.20. The van der Waals surface area contributed by atoms with Gasteiger partial charge in [0.15, 0.2) is 0 Å². The topological polar surface area (TPSA) is 49.3 Å². The number of anilines is 1. The minimum atomic E-state index is -0.742. The van der Waals surface area contributed by atoms with Crippen molar-refractivity contribution in [2.24, 2.45) is 0 Å². The van der Waals surface area contributed by atoms with Crippen LogP contribution < -0.4 is 5.32 Å². The maximum absolute atomic E-state index is 11.3. The monoisotopic (exact) mass is 287 g/mol. The summed E-state index contributed by atoms with van der Waals surface area (Å²) < 4.78 is 0. The van der Waals surface area contributed by atoms with Gasteiger partial charge >= 0.3 is 0 Å². The number of hydrogen-bond acceptors (Lipinski definition) is 2. The standard InChI is InChI=1S/C16H14ClNO2/c1-9-2-3-11(7-13(9)17)16(20)10-4-5-14-12(6-10)8-15(19)18-14/h2-7,16,20H,8H2,1H3,(H,18,19). The predicted octanol–water partition coefficient (Wildman–Crippen LogP) is 3.22. The van der Waals surface area contributed by atoms with E-state index in [1.165, 1.54) is 0 Å². The summed E-state index contributed by atoms with van der Waals surface area (Å²) in [6.45, 7) is 1.92. The molecule has 2 aromatic carbocycles. The third-order valence-corrected chi connectivity index (χ3v) is 3.99. The first-order valence-corrected chi connectivity index (χ1v) is 6.79. The van der Waals surface area contributed by atoms with E-state index < -0.39 is 6.10 Å². The Balaban J connectivity index is 1.94. The van der Waals surface area contributed by atoms with E-state index >= 15 is 0 Å². The Morgan fingerprint density at radius 2 is 1.90 bits per heavy atom. The fraction of sp³-hybridized carbons (Fsp3) is 0.188. The molecule has 2 N–H and O–H groups in total. The summed E-state index contributed by atoms with van der Waals surface area (Å²) in [7, 11) is 0. The number of rotatable bonds is 2. The van der Waals surface area contributed by atoms with E-state index in [2.05, 4.69) is 5.32 Å². The number of carbonyl (C=O) groups is 1. The van der Waals surface area contributed by atoms with Crippen LogP contribution in [0.3, 0.4) is 0 Å². The lowest BCUT2D eigenvalue weighted by atomic mass is 9.98. The molecule has 3 rings (SSSR count). The highest BCUT2D eigenvalue weighted by atomic mass is 35.5. The largest absolute Gasteiger partial charge is 0.384 e. The van der Waals surface area contributed by atoms with Gasteiger partial charge in [0.1, 0.15) is 6.10 Å². The minimum Gasteiger partial charge on any atom is -0.384 e.